The predicted molar refractivity (Wildman–Crippen MR) is 59.1 cm³/mol. The van der Waals surface area contributed by atoms with Crippen LogP contribution in [0.15, 0.2) is 20.9 Å². The molecule has 1 heterocycles. The van der Waals surface area contributed by atoms with Crippen LogP contribution in [-0.4, -0.2) is 11.2 Å². The zero-order chi connectivity index (χ0) is 9.42. The highest BCUT2D eigenvalue weighted by atomic mass is 79.9. The molecular weight excluding hydrogens is 273 g/mol. The van der Waals surface area contributed by atoms with Gasteiger partial charge < -0.3 is 0 Å². The van der Waals surface area contributed by atoms with Crippen molar-refractivity contribution < 1.29 is 4.39 Å². The molecule has 0 radical (unpaired) electrons. The molecule has 0 aliphatic heterocycles. The number of thiazole rings is 1. The molecule has 0 atom stereocenters. The molecule has 0 aliphatic rings. The quantitative estimate of drug-likeness (QED) is 0.733. The maximum Gasteiger partial charge on any atom is 0.150 e. The molecule has 0 saturated heterocycles. The van der Waals surface area contributed by atoms with E-state index in [4.69, 9.17) is 0 Å². The number of rotatable bonds is 1. The molecule has 0 bridgehead atoms. The number of hydrogen-bond donors (Lipinski definition) is 0. The second-order valence-electron chi connectivity index (χ2n) is 2.39. The summed E-state index contributed by atoms with van der Waals surface area (Å²) < 4.78 is 15.4. The third-order valence-corrected chi connectivity index (χ3v) is 4.72. The molecule has 2 aromatic rings. The van der Waals surface area contributed by atoms with Crippen molar-refractivity contribution in [3.8, 4) is 0 Å². The maximum atomic E-state index is 13.1. The molecule has 1 aromatic heterocycles. The van der Waals surface area contributed by atoms with Crippen molar-refractivity contribution in [2.45, 2.75) is 4.34 Å². The SMILES string of the molecule is CSc1nc2ccc(F)c(Br)c2s1. The Kier molecular flexibility index (Phi) is 2.58. The molecule has 68 valence electrons. The van der Waals surface area contributed by atoms with Gasteiger partial charge in [0.25, 0.3) is 0 Å². The van der Waals surface area contributed by atoms with E-state index < -0.39 is 0 Å². The number of aromatic nitrogens is 1. The standard InChI is InChI=1S/C8H5BrFNS2/c1-12-8-11-5-3-2-4(10)6(9)7(5)13-8/h2-3H,1H3. The van der Waals surface area contributed by atoms with Crippen LogP contribution in [-0.2, 0) is 0 Å². The van der Waals surface area contributed by atoms with Gasteiger partial charge in [0.1, 0.15) is 5.82 Å². The van der Waals surface area contributed by atoms with Crippen molar-refractivity contribution in [1.82, 2.24) is 4.98 Å². The largest absolute Gasteiger partial charge is 0.230 e. The Bertz CT molecular complexity index is 455. The highest BCUT2D eigenvalue weighted by Gasteiger charge is 2.09. The zero-order valence-electron chi connectivity index (χ0n) is 6.67. The summed E-state index contributed by atoms with van der Waals surface area (Å²) in [5.74, 6) is -0.233. The Labute approximate surface area is 91.5 Å². The highest BCUT2D eigenvalue weighted by molar-refractivity contribution is 9.10. The lowest BCUT2D eigenvalue weighted by atomic mass is 10.3. The Morgan fingerprint density at radius 3 is 3.00 bits per heavy atom. The van der Waals surface area contributed by atoms with Crippen LogP contribution >= 0.6 is 39.0 Å². The van der Waals surface area contributed by atoms with Gasteiger partial charge in [-0.15, -0.1) is 11.3 Å². The molecule has 0 fully saturated rings. The van der Waals surface area contributed by atoms with Gasteiger partial charge in [-0.25, -0.2) is 9.37 Å². The van der Waals surface area contributed by atoms with E-state index in [1.807, 2.05) is 6.26 Å². The first kappa shape index (κ1) is 9.43. The van der Waals surface area contributed by atoms with Gasteiger partial charge >= 0.3 is 0 Å². The van der Waals surface area contributed by atoms with Crippen LogP contribution in [0.4, 0.5) is 4.39 Å². The average Bonchev–Trinajstić information content (AvgIpc) is 2.55. The summed E-state index contributed by atoms with van der Waals surface area (Å²) in [5, 5.41) is 0. The summed E-state index contributed by atoms with van der Waals surface area (Å²) in [5.41, 5.74) is 0.850. The summed E-state index contributed by atoms with van der Waals surface area (Å²) in [6.07, 6.45) is 1.96. The third kappa shape index (κ3) is 1.60. The van der Waals surface area contributed by atoms with Gasteiger partial charge in [0.05, 0.1) is 14.7 Å². The first-order valence-corrected chi connectivity index (χ1v) is 6.34. The second kappa shape index (κ2) is 3.55. The Morgan fingerprint density at radius 2 is 2.31 bits per heavy atom. The normalized spacial score (nSPS) is 11.0. The second-order valence-corrected chi connectivity index (χ2v) is 5.24. The first-order valence-electron chi connectivity index (χ1n) is 3.51. The van der Waals surface area contributed by atoms with Crippen LogP contribution in [0, 0.1) is 5.82 Å². The Balaban J connectivity index is 2.76. The fourth-order valence-corrected chi connectivity index (χ4v) is 3.08. The topological polar surface area (TPSA) is 12.9 Å². The number of thioether (sulfide) groups is 1. The molecular formula is C8H5BrFNS2. The van der Waals surface area contributed by atoms with Crippen LogP contribution in [0.1, 0.15) is 0 Å². The van der Waals surface area contributed by atoms with Crippen molar-refractivity contribution >= 4 is 49.2 Å². The Morgan fingerprint density at radius 1 is 1.54 bits per heavy atom. The van der Waals surface area contributed by atoms with Crippen molar-refractivity contribution in [2.24, 2.45) is 0 Å². The van der Waals surface area contributed by atoms with E-state index in [0.29, 0.717) is 4.47 Å². The monoisotopic (exact) mass is 277 g/mol. The lowest BCUT2D eigenvalue weighted by Crippen LogP contribution is -1.76. The molecule has 2 rings (SSSR count). The lowest BCUT2D eigenvalue weighted by molar-refractivity contribution is 0.623. The van der Waals surface area contributed by atoms with Crippen molar-refractivity contribution in [3.63, 3.8) is 0 Å². The predicted octanol–water partition coefficient (Wildman–Crippen LogP) is 3.92. The van der Waals surface area contributed by atoms with Gasteiger partial charge in [-0.3, -0.25) is 0 Å². The molecule has 0 unspecified atom stereocenters. The lowest BCUT2D eigenvalue weighted by Gasteiger charge is -1.92. The van der Waals surface area contributed by atoms with Crippen LogP contribution < -0.4 is 0 Å². The molecule has 13 heavy (non-hydrogen) atoms. The minimum absolute atomic E-state index is 0.233. The molecule has 0 spiro atoms. The minimum Gasteiger partial charge on any atom is -0.230 e. The summed E-state index contributed by atoms with van der Waals surface area (Å²) >= 11 is 6.29. The molecule has 0 N–H and O–H groups in total. The van der Waals surface area contributed by atoms with Crippen molar-refractivity contribution in [3.05, 3.63) is 22.4 Å². The molecule has 0 amide bonds. The maximum absolute atomic E-state index is 13.1. The Hall–Kier alpha value is -0.130. The van der Waals surface area contributed by atoms with Crippen molar-refractivity contribution in [2.75, 3.05) is 6.26 Å². The fourth-order valence-electron chi connectivity index (χ4n) is 1.00. The van der Waals surface area contributed by atoms with E-state index >= 15 is 0 Å². The summed E-state index contributed by atoms with van der Waals surface area (Å²) in [6.45, 7) is 0. The molecule has 0 aliphatic carbocycles. The van der Waals surface area contributed by atoms with E-state index in [1.54, 1.807) is 17.8 Å². The molecule has 0 saturated carbocycles. The molecule has 1 aromatic carbocycles. The molecule has 5 heteroatoms. The number of hydrogen-bond acceptors (Lipinski definition) is 3. The minimum atomic E-state index is -0.233. The number of halogens is 2. The summed E-state index contributed by atoms with van der Waals surface area (Å²) in [4.78, 5) is 4.32. The van der Waals surface area contributed by atoms with Gasteiger partial charge in [-0.05, 0) is 34.3 Å². The third-order valence-electron chi connectivity index (χ3n) is 1.60. The number of nitrogens with zero attached hydrogens (tertiary/aromatic N) is 1. The van der Waals surface area contributed by atoms with E-state index in [0.717, 1.165) is 14.6 Å². The summed E-state index contributed by atoms with van der Waals surface area (Å²) in [7, 11) is 0. The van der Waals surface area contributed by atoms with E-state index in [1.165, 1.54) is 17.4 Å². The zero-order valence-corrected chi connectivity index (χ0v) is 9.89. The van der Waals surface area contributed by atoms with Crippen LogP contribution in [0.25, 0.3) is 10.2 Å². The van der Waals surface area contributed by atoms with Crippen LogP contribution in [0.3, 0.4) is 0 Å². The molecule has 1 nitrogen and oxygen atoms in total. The number of benzene rings is 1. The van der Waals surface area contributed by atoms with Crippen LogP contribution in [0.2, 0.25) is 0 Å². The van der Waals surface area contributed by atoms with Gasteiger partial charge in [-0.1, -0.05) is 11.8 Å². The van der Waals surface area contributed by atoms with E-state index in [-0.39, 0.29) is 5.82 Å². The number of fused-ring (bicyclic) bond motifs is 1. The highest BCUT2D eigenvalue weighted by Crippen LogP contribution is 2.34. The van der Waals surface area contributed by atoms with Gasteiger partial charge in [0, 0.05) is 0 Å². The van der Waals surface area contributed by atoms with Gasteiger partial charge in [-0.2, -0.15) is 0 Å². The van der Waals surface area contributed by atoms with E-state index in [2.05, 4.69) is 20.9 Å². The summed E-state index contributed by atoms with van der Waals surface area (Å²) in [6, 6.07) is 3.13. The smallest absolute Gasteiger partial charge is 0.150 e. The van der Waals surface area contributed by atoms with E-state index in [9.17, 15) is 4.39 Å². The van der Waals surface area contributed by atoms with Gasteiger partial charge in [0.15, 0.2) is 4.34 Å². The average molecular weight is 278 g/mol. The van der Waals surface area contributed by atoms with Crippen molar-refractivity contribution in [1.29, 1.82) is 0 Å². The van der Waals surface area contributed by atoms with Gasteiger partial charge in [0.2, 0.25) is 0 Å². The van der Waals surface area contributed by atoms with Crippen LogP contribution in [0.5, 0.6) is 0 Å². The fraction of sp³-hybridized carbons (Fsp3) is 0.125. The first-order chi connectivity index (χ1) is 6.22.